The normalized spacial score (nSPS) is 14.8. The largest absolute Gasteiger partial charge is 0.476 e. The highest BCUT2D eigenvalue weighted by Crippen LogP contribution is 2.21. The van der Waals surface area contributed by atoms with Crippen molar-refractivity contribution in [3.8, 4) is 11.8 Å². The number of hydrogen-bond donors (Lipinski definition) is 2. The third kappa shape index (κ3) is 4.03. The van der Waals surface area contributed by atoms with E-state index in [-0.39, 0.29) is 5.69 Å². The lowest BCUT2D eigenvalue weighted by atomic mass is 10.1. The molecule has 0 aliphatic carbocycles. The van der Waals surface area contributed by atoms with Crippen LogP contribution in [0.2, 0.25) is 0 Å². The Bertz CT molecular complexity index is 820. The second kappa shape index (κ2) is 6.40. The summed E-state index contributed by atoms with van der Waals surface area (Å²) < 4.78 is 1.77. The molecule has 0 spiro atoms. The Labute approximate surface area is 144 Å². The molecule has 2 aromatic heterocycles. The Balaban J connectivity index is 1.66. The van der Waals surface area contributed by atoms with E-state index in [2.05, 4.69) is 21.8 Å². The Morgan fingerprint density at radius 2 is 2.21 bits per heavy atom. The van der Waals surface area contributed by atoms with Crippen LogP contribution in [-0.2, 0) is 19.6 Å². The maximum Gasteiger partial charge on any atom is 0.356 e. The first-order chi connectivity index (χ1) is 11.3. The van der Waals surface area contributed by atoms with Crippen LogP contribution in [0.3, 0.4) is 0 Å². The van der Waals surface area contributed by atoms with E-state index in [1.54, 1.807) is 35.9 Å². The summed E-state index contributed by atoms with van der Waals surface area (Å²) in [6.07, 6.45) is 0. The maximum atomic E-state index is 11.0. The smallest absolute Gasteiger partial charge is 0.356 e. The molecule has 24 heavy (non-hydrogen) atoms. The summed E-state index contributed by atoms with van der Waals surface area (Å²) in [5, 5.41) is 22.8. The van der Waals surface area contributed by atoms with Crippen molar-refractivity contribution in [2.45, 2.75) is 39.1 Å². The minimum absolute atomic E-state index is 0.104. The van der Waals surface area contributed by atoms with Crippen LogP contribution in [0.15, 0.2) is 18.2 Å². The van der Waals surface area contributed by atoms with Crippen molar-refractivity contribution in [1.29, 1.82) is 0 Å². The second-order valence-electron chi connectivity index (χ2n) is 6.33. The van der Waals surface area contributed by atoms with E-state index in [0.717, 1.165) is 23.7 Å². The van der Waals surface area contributed by atoms with Crippen molar-refractivity contribution < 1.29 is 15.0 Å². The summed E-state index contributed by atoms with van der Waals surface area (Å²) in [7, 11) is 0. The van der Waals surface area contributed by atoms with E-state index in [1.165, 1.54) is 4.88 Å². The van der Waals surface area contributed by atoms with Crippen LogP contribution in [0.4, 0.5) is 0 Å². The molecule has 0 amide bonds. The number of hydrogen-bond acceptors (Lipinski definition) is 5. The number of aromatic carboxylic acids is 1. The fraction of sp³-hybridized carbons (Fsp3) is 0.412. The van der Waals surface area contributed by atoms with Crippen molar-refractivity contribution >= 4 is 17.3 Å². The van der Waals surface area contributed by atoms with Gasteiger partial charge in [-0.25, -0.2) is 4.79 Å². The SMILES string of the molecule is CC(C)(O)C#Cc1ccc(CN2CCn3nc(C(=O)O)cc3C2)s1. The van der Waals surface area contributed by atoms with Gasteiger partial charge in [0, 0.05) is 24.5 Å². The summed E-state index contributed by atoms with van der Waals surface area (Å²) in [6, 6.07) is 5.66. The van der Waals surface area contributed by atoms with Gasteiger partial charge in [-0.2, -0.15) is 5.10 Å². The van der Waals surface area contributed by atoms with Crippen molar-refractivity contribution in [3.63, 3.8) is 0 Å². The minimum Gasteiger partial charge on any atom is -0.476 e. The fourth-order valence-electron chi connectivity index (χ4n) is 2.53. The van der Waals surface area contributed by atoms with Gasteiger partial charge in [-0.05, 0) is 32.0 Å². The van der Waals surface area contributed by atoms with Crippen molar-refractivity contribution in [1.82, 2.24) is 14.7 Å². The van der Waals surface area contributed by atoms with Gasteiger partial charge in [0.25, 0.3) is 0 Å². The number of aliphatic hydroxyl groups is 1. The van der Waals surface area contributed by atoms with Gasteiger partial charge < -0.3 is 10.2 Å². The van der Waals surface area contributed by atoms with E-state index >= 15 is 0 Å². The fourth-order valence-corrected chi connectivity index (χ4v) is 3.43. The minimum atomic E-state index is -0.989. The highest BCUT2D eigenvalue weighted by molar-refractivity contribution is 7.12. The van der Waals surface area contributed by atoms with Gasteiger partial charge in [0.2, 0.25) is 0 Å². The Kier molecular flexibility index (Phi) is 4.45. The van der Waals surface area contributed by atoms with E-state index < -0.39 is 11.6 Å². The monoisotopic (exact) mass is 345 g/mol. The van der Waals surface area contributed by atoms with Crippen molar-refractivity contribution in [3.05, 3.63) is 39.3 Å². The highest BCUT2D eigenvalue weighted by atomic mass is 32.1. The summed E-state index contributed by atoms with van der Waals surface area (Å²) in [4.78, 5) is 15.4. The predicted molar refractivity (Wildman–Crippen MR) is 90.8 cm³/mol. The van der Waals surface area contributed by atoms with Crippen LogP contribution in [0.25, 0.3) is 0 Å². The maximum absolute atomic E-state index is 11.0. The van der Waals surface area contributed by atoms with Crippen LogP contribution >= 0.6 is 11.3 Å². The van der Waals surface area contributed by atoms with Crippen molar-refractivity contribution in [2.24, 2.45) is 0 Å². The average Bonchev–Trinajstić information content (AvgIpc) is 3.10. The molecule has 0 saturated carbocycles. The number of carboxylic acid groups (broad SMARTS) is 1. The van der Waals surface area contributed by atoms with Crippen LogP contribution in [0.5, 0.6) is 0 Å². The zero-order valence-corrected chi connectivity index (χ0v) is 14.4. The first-order valence-electron chi connectivity index (χ1n) is 7.67. The molecular formula is C17H19N3O3S. The number of fused-ring (bicyclic) bond motifs is 1. The molecule has 6 nitrogen and oxygen atoms in total. The molecule has 0 bridgehead atoms. The second-order valence-corrected chi connectivity index (χ2v) is 7.50. The summed E-state index contributed by atoms with van der Waals surface area (Å²) in [5.41, 5.74) is 0.0430. The van der Waals surface area contributed by atoms with Crippen LogP contribution in [0.1, 0.15) is 39.8 Å². The molecule has 0 aromatic carbocycles. The van der Waals surface area contributed by atoms with E-state index in [4.69, 9.17) is 5.11 Å². The molecule has 3 rings (SSSR count). The summed E-state index contributed by atoms with van der Waals surface area (Å²) >= 11 is 1.62. The molecule has 7 heteroatoms. The standard InChI is InChI=1S/C17H19N3O3S/c1-17(2,23)6-5-13-3-4-14(24-13)11-19-7-8-20-12(10-19)9-15(18-20)16(21)22/h3-4,9,23H,7-8,10-11H2,1-2H3,(H,21,22). The van der Waals surface area contributed by atoms with Gasteiger partial charge in [-0.15, -0.1) is 11.3 Å². The predicted octanol–water partition coefficient (Wildman–Crippen LogP) is 1.78. The molecule has 3 heterocycles. The van der Waals surface area contributed by atoms with E-state index in [0.29, 0.717) is 13.1 Å². The number of thiophene rings is 1. The molecule has 0 unspecified atom stereocenters. The Morgan fingerprint density at radius 3 is 2.92 bits per heavy atom. The Morgan fingerprint density at radius 1 is 1.42 bits per heavy atom. The molecule has 0 atom stereocenters. The van der Waals surface area contributed by atoms with E-state index in [9.17, 15) is 9.90 Å². The van der Waals surface area contributed by atoms with Crippen molar-refractivity contribution in [2.75, 3.05) is 6.54 Å². The van der Waals surface area contributed by atoms with Gasteiger partial charge in [-0.3, -0.25) is 9.58 Å². The molecular weight excluding hydrogens is 326 g/mol. The Hall–Kier alpha value is -2.14. The molecule has 126 valence electrons. The highest BCUT2D eigenvalue weighted by Gasteiger charge is 2.21. The molecule has 2 aromatic rings. The number of aromatic nitrogens is 2. The van der Waals surface area contributed by atoms with Gasteiger partial charge in [0.15, 0.2) is 5.69 Å². The number of nitrogens with zero attached hydrogens (tertiary/aromatic N) is 3. The summed E-state index contributed by atoms with van der Waals surface area (Å²) in [6.45, 7) is 6.33. The number of carbonyl (C=O) groups is 1. The van der Waals surface area contributed by atoms with Crippen LogP contribution in [0, 0.1) is 11.8 Å². The third-order valence-electron chi connectivity index (χ3n) is 3.63. The number of rotatable bonds is 3. The van der Waals surface area contributed by atoms with Gasteiger partial charge in [0.1, 0.15) is 5.60 Å². The molecule has 0 fully saturated rings. The average molecular weight is 345 g/mol. The zero-order valence-electron chi connectivity index (χ0n) is 13.6. The topological polar surface area (TPSA) is 78.6 Å². The lowest BCUT2D eigenvalue weighted by molar-refractivity contribution is 0.0689. The summed E-state index contributed by atoms with van der Waals surface area (Å²) in [5.74, 6) is 4.82. The van der Waals surface area contributed by atoms with Crippen LogP contribution in [-0.4, -0.2) is 43.0 Å². The first-order valence-corrected chi connectivity index (χ1v) is 8.48. The zero-order chi connectivity index (χ0) is 17.3. The van der Waals surface area contributed by atoms with E-state index in [1.807, 2.05) is 12.1 Å². The lowest BCUT2D eigenvalue weighted by Crippen LogP contribution is -2.33. The molecule has 0 radical (unpaired) electrons. The molecule has 1 aliphatic heterocycles. The molecule has 1 aliphatic rings. The van der Waals surface area contributed by atoms with Gasteiger partial charge >= 0.3 is 5.97 Å². The van der Waals surface area contributed by atoms with Gasteiger partial charge in [-0.1, -0.05) is 11.8 Å². The third-order valence-corrected chi connectivity index (χ3v) is 4.61. The molecule has 0 saturated heterocycles. The lowest BCUT2D eigenvalue weighted by Gasteiger charge is -2.26. The first kappa shape index (κ1) is 16.7. The number of carboxylic acids is 1. The molecule has 2 N–H and O–H groups in total. The van der Waals surface area contributed by atoms with Crippen LogP contribution < -0.4 is 0 Å². The van der Waals surface area contributed by atoms with Gasteiger partial charge in [0.05, 0.1) is 17.1 Å². The quantitative estimate of drug-likeness (QED) is 0.829.